The number of hydrogen-bond acceptors (Lipinski definition) is 4. The van der Waals surface area contributed by atoms with Crippen molar-refractivity contribution in [1.29, 1.82) is 0 Å². The predicted octanol–water partition coefficient (Wildman–Crippen LogP) is 5.54. The molecule has 0 bridgehead atoms. The number of rotatable bonds is 4. The fourth-order valence-corrected chi connectivity index (χ4v) is 4.20. The largest absolute Gasteiger partial charge is 0.493 e. The monoisotopic (exact) mass is 375 g/mol. The molecule has 27 heavy (non-hydrogen) atoms. The van der Waals surface area contributed by atoms with Gasteiger partial charge in [0.15, 0.2) is 4.80 Å². The maximum Gasteiger partial charge on any atom is 0.211 e. The number of allylic oxidation sites excluding steroid dienone is 1. The molecule has 0 saturated carbocycles. The number of aliphatic imine (C=N–C) groups is 1. The van der Waals surface area contributed by atoms with Crippen LogP contribution in [-0.4, -0.2) is 15.4 Å². The van der Waals surface area contributed by atoms with Gasteiger partial charge >= 0.3 is 0 Å². The quantitative estimate of drug-likeness (QED) is 0.639. The van der Waals surface area contributed by atoms with Crippen LogP contribution in [0.25, 0.3) is 11.6 Å². The van der Waals surface area contributed by atoms with Crippen LogP contribution in [0.4, 0.5) is 11.4 Å². The van der Waals surface area contributed by atoms with E-state index < -0.39 is 0 Å². The summed E-state index contributed by atoms with van der Waals surface area (Å²) in [7, 11) is 0. The van der Waals surface area contributed by atoms with E-state index in [-0.39, 0.29) is 5.88 Å². The zero-order chi connectivity index (χ0) is 18.8. The van der Waals surface area contributed by atoms with E-state index in [1.807, 2.05) is 66.1 Å². The molecule has 1 N–H and O–H groups in total. The lowest BCUT2D eigenvalue weighted by atomic mass is 10.0. The predicted molar refractivity (Wildman–Crippen MR) is 113 cm³/mol. The summed E-state index contributed by atoms with van der Waals surface area (Å²) >= 11 is 1.50. The van der Waals surface area contributed by atoms with Crippen LogP contribution in [-0.2, 0) is 6.54 Å². The minimum atomic E-state index is 0.265. The lowest BCUT2D eigenvalue weighted by Gasteiger charge is -2.03. The van der Waals surface area contributed by atoms with Crippen molar-refractivity contribution >= 4 is 40.1 Å². The number of benzene rings is 2. The van der Waals surface area contributed by atoms with Gasteiger partial charge in [-0.2, -0.15) is 0 Å². The maximum atomic E-state index is 10.8. The highest BCUT2D eigenvalue weighted by atomic mass is 32.1. The molecule has 4 rings (SSSR count). The Morgan fingerprint density at radius 3 is 2.63 bits per heavy atom. The Labute approximate surface area is 162 Å². The van der Waals surface area contributed by atoms with Crippen LogP contribution in [0.2, 0.25) is 0 Å². The van der Waals surface area contributed by atoms with Crippen molar-refractivity contribution in [3.05, 3.63) is 69.8 Å². The van der Waals surface area contributed by atoms with Crippen LogP contribution in [0, 0.1) is 0 Å². The van der Waals surface area contributed by atoms with Crippen LogP contribution in [0.3, 0.4) is 0 Å². The van der Waals surface area contributed by atoms with Crippen molar-refractivity contribution in [1.82, 2.24) is 4.57 Å². The lowest BCUT2D eigenvalue weighted by molar-refractivity contribution is 0.409. The summed E-state index contributed by atoms with van der Waals surface area (Å²) in [6.07, 6.45) is 2.95. The van der Waals surface area contributed by atoms with Gasteiger partial charge in [0.2, 0.25) is 5.88 Å². The molecule has 0 spiro atoms. The van der Waals surface area contributed by atoms with Gasteiger partial charge in [0.25, 0.3) is 0 Å². The number of para-hydroxylation sites is 2. The van der Waals surface area contributed by atoms with Crippen molar-refractivity contribution < 1.29 is 5.11 Å². The fraction of sp³-hybridized carbons (Fsp3) is 0.182. The molecule has 0 atom stereocenters. The van der Waals surface area contributed by atoms with Gasteiger partial charge in [-0.3, -0.25) is 9.56 Å². The molecule has 5 heteroatoms. The number of aromatic nitrogens is 1. The summed E-state index contributed by atoms with van der Waals surface area (Å²) in [6.45, 7) is 4.82. The van der Waals surface area contributed by atoms with Gasteiger partial charge in [-0.1, -0.05) is 54.7 Å². The summed E-state index contributed by atoms with van der Waals surface area (Å²) < 4.78 is 1.89. The third-order valence-corrected chi connectivity index (χ3v) is 5.50. The smallest absolute Gasteiger partial charge is 0.211 e. The molecule has 3 aromatic rings. The van der Waals surface area contributed by atoms with Gasteiger partial charge in [-0.05, 0) is 37.6 Å². The van der Waals surface area contributed by atoms with Gasteiger partial charge in [0.05, 0.1) is 16.3 Å². The average Bonchev–Trinajstić information content (AvgIpc) is 3.15. The van der Waals surface area contributed by atoms with E-state index in [2.05, 4.69) is 18.0 Å². The molecule has 0 aliphatic carbocycles. The number of fused-ring (bicyclic) bond motifs is 1. The van der Waals surface area contributed by atoms with Crippen LogP contribution in [0.15, 0.2) is 64.6 Å². The standard InChI is InChI=1S/C22H21N3OS/c1-3-13-25-21(26)20(27-22(25)24-16-9-5-4-6-10-16)14-18-15(2)23-19-12-8-7-11-17(18)19/h4-12,14,26H,3,13H2,1-2H3/b18-14+,24-22?. The first-order valence-electron chi connectivity index (χ1n) is 9.06. The SMILES string of the molecule is CCCn1c(O)c(/C=C2\C(C)=Nc3ccccc32)sc1=Nc1ccccc1. The molecule has 136 valence electrons. The van der Waals surface area contributed by atoms with E-state index in [0.29, 0.717) is 0 Å². The topological polar surface area (TPSA) is 49.9 Å². The number of aromatic hydroxyl groups is 1. The van der Waals surface area contributed by atoms with Crippen LogP contribution in [0.1, 0.15) is 30.7 Å². The first-order valence-corrected chi connectivity index (χ1v) is 9.88. The Kier molecular flexibility index (Phi) is 4.77. The van der Waals surface area contributed by atoms with Gasteiger partial charge in [0, 0.05) is 23.4 Å². The van der Waals surface area contributed by atoms with Crippen molar-refractivity contribution in [2.75, 3.05) is 0 Å². The number of thiazole rings is 1. The lowest BCUT2D eigenvalue weighted by Crippen LogP contribution is -2.13. The first kappa shape index (κ1) is 17.5. The Hall–Kier alpha value is -2.92. The second-order valence-electron chi connectivity index (χ2n) is 6.44. The Morgan fingerprint density at radius 2 is 1.85 bits per heavy atom. The van der Waals surface area contributed by atoms with Crippen molar-refractivity contribution in [2.24, 2.45) is 9.98 Å². The third kappa shape index (κ3) is 3.38. The molecule has 0 unspecified atom stereocenters. The summed E-state index contributed by atoms with van der Waals surface area (Å²) in [6, 6.07) is 17.9. The summed E-state index contributed by atoms with van der Waals surface area (Å²) in [5.41, 5.74) is 4.98. The first-order chi connectivity index (χ1) is 13.2. The fourth-order valence-electron chi connectivity index (χ4n) is 3.19. The number of nitrogens with zero attached hydrogens (tertiary/aromatic N) is 3. The average molecular weight is 375 g/mol. The van der Waals surface area contributed by atoms with Crippen molar-refractivity contribution in [3.63, 3.8) is 0 Å². The second kappa shape index (κ2) is 7.37. The van der Waals surface area contributed by atoms with Crippen LogP contribution in [0.5, 0.6) is 5.88 Å². The highest BCUT2D eigenvalue weighted by Crippen LogP contribution is 2.37. The zero-order valence-electron chi connectivity index (χ0n) is 15.4. The molecule has 0 radical (unpaired) electrons. The Bertz CT molecular complexity index is 1100. The normalized spacial score (nSPS) is 15.3. The molecule has 4 nitrogen and oxygen atoms in total. The molecule has 1 aliphatic heterocycles. The number of hydrogen-bond donors (Lipinski definition) is 1. The van der Waals surface area contributed by atoms with E-state index >= 15 is 0 Å². The molecule has 2 heterocycles. The van der Waals surface area contributed by atoms with Crippen LogP contribution < -0.4 is 4.80 Å². The van der Waals surface area contributed by atoms with E-state index in [9.17, 15) is 5.11 Å². The second-order valence-corrected chi connectivity index (χ2v) is 7.45. The van der Waals surface area contributed by atoms with E-state index in [4.69, 9.17) is 4.99 Å². The van der Waals surface area contributed by atoms with E-state index in [1.165, 1.54) is 11.3 Å². The Morgan fingerprint density at radius 1 is 1.11 bits per heavy atom. The summed E-state index contributed by atoms with van der Waals surface area (Å²) in [5.74, 6) is 0.265. The molecule has 0 amide bonds. The molecule has 1 aliphatic rings. The third-order valence-electron chi connectivity index (χ3n) is 4.48. The molecule has 0 saturated heterocycles. The van der Waals surface area contributed by atoms with E-state index in [1.54, 1.807) is 0 Å². The zero-order valence-corrected chi connectivity index (χ0v) is 16.2. The van der Waals surface area contributed by atoms with Gasteiger partial charge in [-0.25, -0.2) is 4.99 Å². The molecule has 1 aromatic heterocycles. The molecule has 2 aromatic carbocycles. The van der Waals surface area contributed by atoms with Gasteiger partial charge < -0.3 is 5.11 Å². The summed E-state index contributed by atoms with van der Waals surface area (Å²) in [4.78, 5) is 11.0. The van der Waals surface area contributed by atoms with Crippen LogP contribution >= 0.6 is 11.3 Å². The van der Waals surface area contributed by atoms with E-state index in [0.717, 1.165) is 50.9 Å². The minimum absolute atomic E-state index is 0.265. The molecular formula is C22H21N3OS. The van der Waals surface area contributed by atoms with Crippen molar-refractivity contribution in [2.45, 2.75) is 26.8 Å². The Balaban J connectivity index is 1.85. The molecule has 0 fully saturated rings. The summed E-state index contributed by atoms with van der Waals surface area (Å²) in [5, 5.41) is 10.8. The van der Waals surface area contributed by atoms with Gasteiger partial charge in [0.1, 0.15) is 0 Å². The van der Waals surface area contributed by atoms with Gasteiger partial charge in [-0.15, -0.1) is 0 Å². The minimum Gasteiger partial charge on any atom is -0.493 e. The molecular weight excluding hydrogens is 354 g/mol. The van der Waals surface area contributed by atoms with Crippen molar-refractivity contribution in [3.8, 4) is 5.88 Å². The maximum absolute atomic E-state index is 10.8. The highest BCUT2D eigenvalue weighted by molar-refractivity contribution is 7.10. The highest BCUT2D eigenvalue weighted by Gasteiger charge is 2.19.